The van der Waals surface area contributed by atoms with Crippen LogP contribution in [0.1, 0.15) is 30.9 Å². The van der Waals surface area contributed by atoms with E-state index in [1.54, 1.807) is 0 Å². The quantitative estimate of drug-likeness (QED) is 0.862. The molecule has 0 spiro atoms. The third kappa shape index (κ3) is 2.00. The Morgan fingerprint density at radius 1 is 1.35 bits per heavy atom. The van der Waals surface area contributed by atoms with Gasteiger partial charge >= 0.3 is 0 Å². The van der Waals surface area contributed by atoms with E-state index in [1.165, 1.54) is 17.5 Å². The number of benzene rings is 1. The topological polar surface area (TPSA) is 21.3 Å². The minimum Gasteiger partial charge on any atom is -0.380 e. The van der Waals surface area contributed by atoms with Crippen LogP contribution in [0.4, 0.5) is 0 Å². The van der Waals surface area contributed by atoms with Gasteiger partial charge in [-0.3, -0.25) is 0 Å². The van der Waals surface area contributed by atoms with Crippen LogP contribution in [0.3, 0.4) is 0 Å². The van der Waals surface area contributed by atoms with E-state index in [4.69, 9.17) is 4.74 Å². The van der Waals surface area contributed by atoms with Crippen molar-refractivity contribution in [3.05, 3.63) is 35.4 Å². The number of rotatable bonds is 3. The summed E-state index contributed by atoms with van der Waals surface area (Å²) in [5.41, 5.74) is 3.42. The van der Waals surface area contributed by atoms with Crippen molar-refractivity contribution >= 4 is 0 Å². The van der Waals surface area contributed by atoms with E-state index in [0.29, 0.717) is 17.4 Å². The molecule has 2 atom stereocenters. The van der Waals surface area contributed by atoms with E-state index < -0.39 is 0 Å². The molecule has 92 valence electrons. The van der Waals surface area contributed by atoms with Gasteiger partial charge in [0, 0.05) is 18.0 Å². The van der Waals surface area contributed by atoms with Crippen molar-refractivity contribution in [3.8, 4) is 0 Å². The summed E-state index contributed by atoms with van der Waals surface area (Å²) in [5.74, 6) is 0.635. The van der Waals surface area contributed by atoms with Gasteiger partial charge < -0.3 is 10.1 Å². The Kier molecular flexibility index (Phi) is 2.72. The molecule has 0 aromatic heterocycles. The molecule has 1 fully saturated rings. The van der Waals surface area contributed by atoms with E-state index in [0.717, 1.165) is 19.8 Å². The van der Waals surface area contributed by atoms with Crippen LogP contribution in [0.25, 0.3) is 0 Å². The first kappa shape index (κ1) is 11.2. The molecule has 0 radical (unpaired) electrons. The lowest BCUT2D eigenvalue weighted by molar-refractivity contribution is -0.100. The van der Waals surface area contributed by atoms with Gasteiger partial charge in [-0.25, -0.2) is 0 Å². The second-order valence-corrected chi connectivity index (χ2v) is 5.98. The van der Waals surface area contributed by atoms with Crippen LogP contribution in [0.2, 0.25) is 0 Å². The Balaban J connectivity index is 1.64. The van der Waals surface area contributed by atoms with Gasteiger partial charge in [0.25, 0.3) is 0 Å². The monoisotopic (exact) mass is 231 g/mol. The van der Waals surface area contributed by atoms with E-state index in [-0.39, 0.29) is 0 Å². The van der Waals surface area contributed by atoms with Gasteiger partial charge in [0.2, 0.25) is 0 Å². The zero-order valence-corrected chi connectivity index (χ0v) is 10.7. The SMILES string of the molecule is C[C@H]1c2ccccc2C[C@H]1NCC1(C)COC1. The molecule has 1 aromatic rings. The van der Waals surface area contributed by atoms with Crippen LogP contribution < -0.4 is 5.32 Å². The standard InChI is InChI=1S/C15H21NO/c1-11-13-6-4-3-5-12(13)7-14(11)16-8-15(2)9-17-10-15/h3-6,11,14,16H,7-10H2,1-2H3/t11-,14+/m0/s1. The van der Waals surface area contributed by atoms with E-state index in [2.05, 4.69) is 43.4 Å². The summed E-state index contributed by atoms with van der Waals surface area (Å²) in [6, 6.07) is 9.44. The maximum Gasteiger partial charge on any atom is 0.0554 e. The Labute approximate surface area is 103 Å². The van der Waals surface area contributed by atoms with Crippen LogP contribution in [0.15, 0.2) is 24.3 Å². The fourth-order valence-electron chi connectivity index (χ4n) is 2.97. The third-order valence-corrected chi connectivity index (χ3v) is 4.28. The largest absolute Gasteiger partial charge is 0.380 e. The molecular formula is C15H21NO. The molecule has 1 saturated heterocycles. The maximum absolute atomic E-state index is 5.30. The minimum absolute atomic E-state index is 0.370. The lowest BCUT2D eigenvalue weighted by atomic mass is 9.88. The Hall–Kier alpha value is -0.860. The molecule has 17 heavy (non-hydrogen) atoms. The van der Waals surface area contributed by atoms with Gasteiger partial charge in [-0.15, -0.1) is 0 Å². The Morgan fingerprint density at radius 3 is 2.76 bits per heavy atom. The highest BCUT2D eigenvalue weighted by molar-refractivity contribution is 5.37. The molecule has 0 saturated carbocycles. The average molecular weight is 231 g/mol. The summed E-state index contributed by atoms with van der Waals surface area (Å²) >= 11 is 0. The summed E-state index contributed by atoms with van der Waals surface area (Å²) in [6.45, 7) is 7.54. The van der Waals surface area contributed by atoms with Gasteiger partial charge in [-0.1, -0.05) is 38.1 Å². The first-order valence-electron chi connectivity index (χ1n) is 6.57. The van der Waals surface area contributed by atoms with E-state index >= 15 is 0 Å². The summed E-state index contributed by atoms with van der Waals surface area (Å²) in [4.78, 5) is 0. The molecule has 3 rings (SSSR count). The average Bonchev–Trinajstić information content (AvgIpc) is 2.62. The molecule has 2 aliphatic rings. The van der Waals surface area contributed by atoms with Gasteiger partial charge in [0.1, 0.15) is 0 Å². The summed E-state index contributed by atoms with van der Waals surface area (Å²) in [5, 5.41) is 3.74. The van der Waals surface area contributed by atoms with Crippen LogP contribution >= 0.6 is 0 Å². The normalized spacial score (nSPS) is 29.8. The second-order valence-electron chi connectivity index (χ2n) is 5.98. The lowest BCUT2D eigenvalue weighted by Gasteiger charge is -2.39. The fraction of sp³-hybridized carbons (Fsp3) is 0.600. The van der Waals surface area contributed by atoms with Crippen molar-refractivity contribution in [2.45, 2.75) is 32.2 Å². The molecule has 2 heteroatoms. The highest BCUT2D eigenvalue weighted by Crippen LogP contribution is 2.33. The van der Waals surface area contributed by atoms with Gasteiger partial charge in [0.05, 0.1) is 13.2 Å². The van der Waals surface area contributed by atoms with Crippen molar-refractivity contribution in [3.63, 3.8) is 0 Å². The van der Waals surface area contributed by atoms with Crippen LogP contribution in [0.5, 0.6) is 0 Å². The lowest BCUT2D eigenvalue weighted by Crippen LogP contribution is -2.50. The predicted molar refractivity (Wildman–Crippen MR) is 69.3 cm³/mol. The van der Waals surface area contributed by atoms with Crippen molar-refractivity contribution in [2.24, 2.45) is 5.41 Å². The molecule has 1 aliphatic heterocycles. The third-order valence-electron chi connectivity index (χ3n) is 4.28. The van der Waals surface area contributed by atoms with E-state index in [9.17, 15) is 0 Å². The molecule has 1 N–H and O–H groups in total. The molecule has 0 unspecified atom stereocenters. The van der Waals surface area contributed by atoms with Gasteiger partial charge in [-0.2, -0.15) is 0 Å². The summed E-state index contributed by atoms with van der Waals surface area (Å²) in [7, 11) is 0. The maximum atomic E-state index is 5.30. The van der Waals surface area contributed by atoms with E-state index in [1.807, 2.05) is 0 Å². The highest BCUT2D eigenvalue weighted by atomic mass is 16.5. The number of hydrogen-bond acceptors (Lipinski definition) is 2. The molecule has 1 aliphatic carbocycles. The smallest absolute Gasteiger partial charge is 0.0554 e. The van der Waals surface area contributed by atoms with Crippen molar-refractivity contribution in [1.29, 1.82) is 0 Å². The summed E-state index contributed by atoms with van der Waals surface area (Å²) in [6.07, 6.45) is 1.17. The fourth-order valence-corrected chi connectivity index (χ4v) is 2.97. The first-order chi connectivity index (χ1) is 8.18. The molecule has 0 bridgehead atoms. The Bertz CT molecular complexity index is 411. The van der Waals surface area contributed by atoms with Crippen molar-refractivity contribution < 1.29 is 4.74 Å². The van der Waals surface area contributed by atoms with Crippen LogP contribution in [0, 0.1) is 5.41 Å². The minimum atomic E-state index is 0.370. The molecular weight excluding hydrogens is 210 g/mol. The Morgan fingerprint density at radius 2 is 2.12 bits per heavy atom. The number of ether oxygens (including phenoxy) is 1. The van der Waals surface area contributed by atoms with Crippen LogP contribution in [-0.2, 0) is 11.2 Å². The molecule has 2 nitrogen and oxygen atoms in total. The highest BCUT2D eigenvalue weighted by Gasteiger charge is 2.35. The number of hydrogen-bond donors (Lipinski definition) is 1. The first-order valence-corrected chi connectivity index (χ1v) is 6.57. The zero-order valence-electron chi connectivity index (χ0n) is 10.7. The molecule has 1 heterocycles. The zero-order chi connectivity index (χ0) is 11.9. The number of fused-ring (bicyclic) bond motifs is 1. The van der Waals surface area contributed by atoms with Gasteiger partial charge in [-0.05, 0) is 23.5 Å². The number of nitrogens with one attached hydrogen (secondary N) is 1. The van der Waals surface area contributed by atoms with Crippen molar-refractivity contribution in [2.75, 3.05) is 19.8 Å². The van der Waals surface area contributed by atoms with Gasteiger partial charge in [0.15, 0.2) is 0 Å². The summed E-state index contributed by atoms with van der Waals surface area (Å²) < 4.78 is 5.30. The van der Waals surface area contributed by atoms with Crippen LogP contribution in [-0.4, -0.2) is 25.8 Å². The molecule has 1 aromatic carbocycles. The van der Waals surface area contributed by atoms with Crippen molar-refractivity contribution in [1.82, 2.24) is 5.32 Å². The predicted octanol–water partition coefficient (Wildman–Crippen LogP) is 2.34. The molecule has 0 amide bonds. The second kappa shape index (κ2) is 4.11.